The van der Waals surface area contributed by atoms with Gasteiger partial charge in [-0.3, -0.25) is 0 Å². The minimum Gasteiger partial charge on any atom is -0.490 e. The van der Waals surface area contributed by atoms with E-state index in [2.05, 4.69) is 15.3 Å². The summed E-state index contributed by atoms with van der Waals surface area (Å²) >= 11 is 5.90. The predicted octanol–water partition coefficient (Wildman–Crippen LogP) is 2.49. The fourth-order valence-electron chi connectivity index (χ4n) is 1.90. The molecular weight excluding hydrogens is 214 g/mol. The molecular formula is C10H14ClN3O. The lowest BCUT2D eigenvalue weighted by Crippen LogP contribution is -2.16. The molecule has 1 aliphatic carbocycles. The number of hydrogen-bond donors (Lipinski definition) is 1. The van der Waals surface area contributed by atoms with Gasteiger partial charge in [0.2, 0.25) is 0 Å². The van der Waals surface area contributed by atoms with E-state index < -0.39 is 0 Å². The fourth-order valence-corrected chi connectivity index (χ4v) is 2.11. The molecule has 0 radical (unpaired) electrons. The van der Waals surface area contributed by atoms with E-state index in [1.54, 1.807) is 7.11 Å². The van der Waals surface area contributed by atoms with E-state index in [0.29, 0.717) is 22.8 Å². The quantitative estimate of drug-likeness (QED) is 0.806. The molecule has 0 aliphatic heterocycles. The molecule has 5 heteroatoms. The van der Waals surface area contributed by atoms with Gasteiger partial charge >= 0.3 is 0 Å². The smallest absolute Gasteiger partial charge is 0.198 e. The van der Waals surface area contributed by atoms with E-state index >= 15 is 0 Å². The Morgan fingerprint density at radius 2 is 2.13 bits per heavy atom. The van der Waals surface area contributed by atoms with Gasteiger partial charge in [-0.1, -0.05) is 24.4 Å². The van der Waals surface area contributed by atoms with Gasteiger partial charge in [-0.05, 0) is 12.8 Å². The highest BCUT2D eigenvalue weighted by molar-refractivity contribution is 6.31. The van der Waals surface area contributed by atoms with Gasteiger partial charge in [0.25, 0.3) is 0 Å². The summed E-state index contributed by atoms with van der Waals surface area (Å²) in [5.74, 6) is 1.23. The minimum absolute atomic E-state index is 0.355. The fraction of sp³-hybridized carbons (Fsp3) is 0.600. The zero-order valence-corrected chi connectivity index (χ0v) is 9.42. The maximum Gasteiger partial charge on any atom is 0.198 e. The first-order valence-corrected chi connectivity index (χ1v) is 5.50. The third-order valence-electron chi connectivity index (χ3n) is 2.66. The summed E-state index contributed by atoms with van der Waals surface area (Å²) in [4.78, 5) is 8.02. The van der Waals surface area contributed by atoms with Crippen LogP contribution >= 0.6 is 11.6 Å². The number of methoxy groups -OCH3 is 1. The predicted molar refractivity (Wildman–Crippen MR) is 59.5 cm³/mol. The molecule has 0 unspecified atom stereocenters. The van der Waals surface area contributed by atoms with Crippen molar-refractivity contribution in [3.8, 4) is 5.75 Å². The second kappa shape index (κ2) is 4.66. The molecule has 0 spiro atoms. The van der Waals surface area contributed by atoms with Crippen molar-refractivity contribution in [1.29, 1.82) is 0 Å². The number of nitrogens with one attached hydrogen (secondary N) is 1. The van der Waals surface area contributed by atoms with Crippen molar-refractivity contribution in [1.82, 2.24) is 9.97 Å². The van der Waals surface area contributed by atoms with Crippen molar-refractivity contribution < 1.29 is 4.74 Å². The Kier molecular flexibility index (Phi) is 3.26. The maximum atomic E-state index is 5.90. The molecule has 15 heavy (non-hydrogen) atoms. The third-order valence-corrected chi connectivity index (χ3v) is 2.93. The molecule has 1 N–H and O–H groups in total. The Morgan fingerprint density at radius 3 is 2.80 bits per heavy atom. The van der Waals surface area contributed by atoms with Crippen LogP contribution in [0.2, 0.25) is 5.15 Å². The normalized spacial score (nSPS) is 16.7. The summed E-state index contributed by atoms with van der Waals surface area (Å²) in [7, 11) is 1.57. The summed E-state index contributed by atoms with van der Waals surface area (Å²) < 4.78 is 5.17. The number of halogens is 1. The van der Waals surface area contributed by atoms with Crippen LogP contribution in [0.1, 0.15) is 25.7 Å². The van der Waals surface area contributed by atoms with Gasteiger partial charge in [0.1, 0.15) is 6.33 Å². The summed E-state index contributed by atoms with van der Waals surface area (Å²) in [6.45, 7) is 0. The first-order chi connectivity index (χ1) is 7.31. The lowest BCUT2D eigenvalue weighted by atomic mass is 10.2. The number of ether oxygens (including phenoxy) is 1. The summed E-state index contributed by atoms with van der Waals surface area (Å²) in [5, 5.41) is 3.70. The van der Waals surface area contributed by atoms with Gasteiger partial charge in [-0.15, -0.1) is 0 Å². The van der Waals surface area contributed by atoms with Gasteiger partial charge in [-0.2, -0.15) is 0 Å². The van der Waals surface area contributed by atoms with Crippen molar-refractivity contribution in [3.05, 3.63) is 11.5 Å². The maximum absolute atomic E-state index is 5.90. The number of rotatable bonds is 3. The first-order valence-electron chi connectivity index (χ1n) is 5.12. The Morgan fingerprint density at radius 1 is 1.40 bits per heavy atom. The molecule has 4 nitrogen and oxygen atoms in total. The molecule has 1 aromatic rings. The van der Waals surface area contributed by atoms with Crippen molar-refractivity contribution in [2.75, 3.05) is 12.4 Å². The number of hydrogen-bond acceptors (Lipinski definition) is 4. The van der Waals surface area contributed by atoms with Crippen LogP contribution in [0.3, 0.4) is 0 Å². The lowest BCUT2D eigenvalue weighted by molar-refractivity contribution is 0.412. The summed E-state index contributed by atoms with van der Waals surface area (Å²) in [5.41, 5.74) is 0. The number of aromatic nitrogens is 2. The molecule has 1 heterocycles. The van der Waals surface area contributed by atoms with Crippen molar-refractivity contribution >= 4 is 17.4 Å². The van der Waals surface area contributed by atoms with E-state index in [4.69, 9.17) is 16.3 Å². The molecule has 0 saturated heterocycles. The standard InChI is InChI=1S/C10H14ClN3O/c1-15-8-9(11)12-6-13-10(8)14-7-4-2-3-5-7/h6-7H,2-5H2,1H3,(H,12,13,14). The molecule has 1 fully saturated rings. The van der Waals surface area contributed by atoms with Crippen LogP contribution in [0.5, 0.6) is 5.75 Å². The van der Waals surface area contributed by atoms with Crippen LogP contribution < -0.4 is 10.1 Å². The minimum atomic E-state index is 0.355. The van der Waals surface area contributed by atoms with Crippen LogP contribution in [-0.2, 0) is 0 Å². The zero-order chi connectivity index (χ0) is 10.7. The van der Waals surface area contributed by atoms with Gasteiger partial charge in [0, 0.05) is 6.04 Å². The second-order valence-electron chi connectivity index (χ2n) is 3.67. The van der Waals surface area contributed by atoms with E-state index in [0.717, 1.165) is 0 Å². The van der Waals surface area contributed by atoms with Crippen LogP contribution in [0.15, 0.2) is 6.33 Å². The molecule has 0 atom stereocenters. The van der Waals surface area contributed by atoms with E-state index in [1.165, 1.54) is 32.0 Å². The number of nitrogens with zero attached hydrogens (tertiary/aromatic N) is 2. The third kappa shape index (κ3) is 2.31. The van der Waals surface area contributed by atoms with Crippen molar-refractivity contribution in [3.63, 3.8) is 0 Å². The van der Waals surface area contributed by atoms with E-state index in [-0.39, 0.29) is 0 Å². The molecule has 1 saturated carbocycles. The molecule has 0 amide bonds. The molecule has 1 aliphatic rings. The van der Waals surface area contributed by atoms with Crippen molar-refractivity contribution in [2.24, 2.45) is 0 Å². The Balaban J connectivity index is 2.15. The summed E-state index contributed by atoms with van der Waals surface area (Å²) in [6.07, 6.45) is 6.37. The van der Waals surface area contributed by atoms with Gasteiger partial charge in [-0.25, -0.2) is 9.97 Å². The average molecular weight is 228 g/mol. The van der Waals surface area contributed by atoms with Crippen LogP contribution in [-0.4, -0.2) is 23.1 Å². The Hall–Kier alpha value is -1.03. The first kappa shape index (κ1) is 10.5. The SMILES string of the molecule is COc1c(Cl)ncnc1NC1CCCC1. The molecule has 1 aromatic heterocycles. The second-order valence-corrected chi connectivity index (χ2v) is 4.03. The van der Waals surface area contributed by atoms with Crippen LogP contribution in [0.4, 0.5) is 5.82 Å². The highest BCUT2D eigenvalue weighted by atomic mass is 35.5. The monoisotopic (exact) mass is 227 g/mol. The molecule has 0 bridgehead atoms. The van der Waals surface area contributed by atoms with Crippen LogP contribution in [0, 0.1) is 0 Å². The molecule has 2 rings (SSSR count). The zero-order valence-electron chi connectivity index (χ0n) is 8.66. The molecule has 82 valence electrons. The van der Waals surface area contributed by atoms with E-state index in [1.807, 2.05) is 0 Å². The highest BCUT2D eigenvalue weighted by Gasteiger charge is 2.18. The van der Waals surface area contributed by atoms with E-state index in [9.17, 15) is 0 Å². The Labute approximate surface area is 94.0 Å². The average Bonchev–Trinajstić information content (AvgIpc) is 2.71. The van der Waals surface area contributed by atoms with Crippen LogP contribution in [0.25, 0.3) is 0 Å². The van der Waals surface area contributed by atoms with Gasteiger partial charge in [0.15, 0.2) is 16.7 Å². The van der Waals surface area contributed by atoms with Crippen molar-refractivity contribution in [2.45, 2.75) is 31.7 Å². The largest absolute Gasteiger partial charge is 0.490 e. The lowest BCUT2D eigenvalue weighted by Gasteiger charge is -2.15. The van der Waals surface area contributed by atoms with Gasteiger partial charge < -0.3 is 10.1 Å². The number of anilines is 1. The Bertz CT molecular complexity index is 339. The topological polar surface area (TPSA) is 47.0 Å². The highest BCUT2D eigenvalue weighted by Crippen LogP contribution is 2.31. The molecule has 0 aromatic carbocycles. The summed E-state index contributed by atoms with van der Waals surface area (Å²) in [6, 6.07) is 0.491. The van der Waals surface area contributed by atoms with Gasteiger partial charge in [0.05, 0.1) is 7.11 Å².